The first-order chi connectivity index (χ1) is 37.8. The second-order valence-corrected chi connectivity index (χ2v) is 18.4. The van der Waals surface area contributed by atoms with Crippen LogP contribution < -0.4 is 109 Å². The minimum absolute atomic E-state index is 0.0225. The largest absolute Gasteiger partial charge is 0.370 e. The lowest BCUT2D eigenvalue weighted by Gasteiger charge is -2.34. The number of guanidine groups is 6. The van der Waals surface area contributed by atoms with Gasteiger partial charge in [-0.3, -0.25) is 66.0 Å². The van der Waals surface area contributed by atoms with E-state index in [4.69, 9.17) is 72.6 Å². The fourth-order valence-electron chi connectivity index (χ4n) is 7.75. The summed E-state index contributed by atoms with van der Waals surface area (Å²) in [5.74, 6) is -7.42. The van der Waals surface area contributed by atoms with Gasteiger partial charge in [0.2, 0.25) is 41.4 Å². The van der Waals surface area contributed by atoms with Crippen LogP contribution in [0.2, 0.25) is 0 Å². The van der Waals surface area contributed by atoms with Gasteiger partial charge in [0.15, 0.2) is 35.8 Å². The SMILES string of the molecule is CNC(=O)N1CCN(C(=O)CNC(=O)C(CCCNC(=N)N)NC(=O)C(CCCNC(=N)N)NC(=O)C(CCCNC(=N)N)NC(=O)C(CCCNC(=N)N)NC(=O)C(CCCNC(=N)N)NC(=O)C(N)CCCNC(=N)N)CC1. The molecule has 9 amide bonds. The van der Waals surface area contributed by atoms with Crippen molar-refractivity contribution >= 4 is 83.1 Å². The maximum Gasteiger partial charge on any atom is 0.317 e. The van der Waals surface area contributed by atoms with E-state index in [1.165, 1.54) is 16.8 Å². The van der Waals surface area contributed by atoms with Crippen LogP contribution in [0.4, 0.5) is 4.79 Å². The third-order valence-electron chi connectivity index (χ3n) is 12.0. The van der Waals surface area contributed by atoms with Gasteiger partial charge in [0.1, 0.15) is 30.2 Å². The molecular weight excluding hydrogens is 1050 g/mol. The summed E-state index contributed by atoms with van der Waals surface area (Å²) in [5.41, 5.74) is 38.8. The smallest absolute Gasteiger partial charge is 0.317 e. The number of urea groups is 1. The molecular formula is C44H88N28O8. The Kier molecular flexibility index (Phi) is 33.4. The van der Waals surface area contributed by atoms with E-state index in [2.05, 4.69) is 69.1 Å². The van der Waals surface area contributed by atoms with Gasteiger partial charge in [-0.05, 0) is 77.0 Å². The van der Waals surface area contributed by atoms with Crippen LogP contribution in [-0.4, -0.2) is 208 Å². The molecule has 1 rings (SSSR count). The van der Waals surface area contributed by atoms with E-state index in [-0.39, 0.29) is 178 Å². The Labute approximate surface area is 464 Å². The highest BCUT2D eigenvalue weighted by molar-refractivity contribution is 5.97. The van der Waals surface area contributed by atoms with Crippen LogP contribution in [0.5, 0.6) is 0 Å². The van der Waals surface area contributed by atoms with Crippen molar-refractivity contribution in [2.24, 2.45) is 40.1 Å². The highest BCUT2D eigenvalue weighted by atomic mass is 16.2. The van der Waals surface area contributed by atoms with Crippen molar-refractivity contribution in [3.63, 3.8) is 0 Å². The molecule has 0 aromatic carbocycles. The number of nitrogens with one attached hydrogen (secondary N) is 19. The summed E-state index contributed by atoms with van der Waals surface area (Å²) in [6, 6.07) is -8.24. The predicted molar refractivity (Wildman–Crippen MR) is 298 cm³/mol. The third-order valence-corrected chi connectivity index (χ3v) is 12.0. The van der Waals surface area contributed by atoms with E-state index in [0.717, 1.165) is 0 Å². The molecule has 1 aliphatic heterocycles. The zero-order valence-electron chi connectivity index (χ0n) is 45.4. The fraction of sp³-hybridized carbons (Fsp3) is 0.682. The maximum atomic E-state index is 14.5. The molecule has 6 unspecified atom stereocenters. The normalized spacial score (nSPS) is 14.0. The lowest BCUT2D eigenvalue weighted by Crippen LogP contribution is -2.60. The average molecular weight is 1140 g/mol. The molecule has 1 aliphatic rings. The van der Waals surface area contributed by atoms with E-state index in [0.29, 0.717) is 6.42 Å². The van der Waals surface area contributed by atoms with Gasteiger partial charge in [-0.2, -0.15) is 0 Å². The van der Waals surface area contributed by atoms with Crippen LogP contribution in [0, 0.1) is 32.5 Å². The molecule has 80 heavy (non-hydrogen) atoms. The first-order valence-electron chi connectivity index (χ1n) is 26.1. The Balaban J connectivity index is 3.58. The van der Waals surface area contributed by atoms with E-state index in [9.17, 15) is 38.4 Å². The Morgan fingerprint density at radius 1 is 0.375 bits per heavy atom. The molecule has 0 aliphatic carbocycles. The van der Waals surface area contributed by atoms with Crippen molar-refractivity contribution < 1.29 is 38.4 Å². The monoisotopic (exact) mass is 1140 g/mol. The van der Waals surface area contributed by atoms with Crippen LogP contribution in [0.1, 0.15) is 77.0 Å². The molecule has 452 valence electrons. The first kappa shape index (κ1) is 69.2. The minimum atomic E-state index is -1.44. The molecule has 0 aromatic rings. The number of carbonyl (C=O) groups is 8. The Bertz CT molecular complexity index is 2110. The van der Waals surface area contributed by atoms with Gasteiger partial charge < -0.3 is 119 Å². The Hall–Kier alpha value is -8.86. The second-order valence-electron chi connectivity index (χ2n) is 18.4. The van der Waals surface area contributed by atoms with Crippen molar-refractivity contribution in [1.29, 1.82) is 32.5 Å². The van der Waals surface area contributed by atoms with E-state index in [1.807, 2.05) is 0 Å². The van der Waals surface area contributed by atoms with E-state index in [1.54, 1.807) is 0 Å². The van der Waals surface area contributed by atoms with Crippen LogP contribution in [0.3, 0.4) is 0 Å². The van der Waals surface area contributed by atoms with Crippen molar-refractivity contribution in [2.75, 3.05) is 79.0 Å². The van der Waals surface area contributed by atoms with Crippen LogP contribution in [0.15, 0.2) is 0 Å². The third kappa shape index (κ3) is 30.8. The summed E-state index contributed by atoms with van der Waals surface area (Å²) in [6.45, 7) is 1.22. The zero-order chi connectivity index (χ0) is 60.2. The van der Waals surface area contributed by atoms with Crippen LogP contribution in [0.25, 0.3) is 0 Å². The summed E-state index contributed by atoms with van der Waals surface area (Å²) < 4.78 is 0. The average Bonchev–Trinajstić information content (AvgIpc) is 3.39. The number of carbonyl (C=O) groups excluding carboxylic acids is 8. The van der Waals surface area contributed by atoms with Crippen molar-refractivity contribution in [1.82, 2.24) is 78.9 Å². The zero-order valence-corrected chi connectivity index (χ0v) is 45.4. The van der Waals surface area contributed by atoms with Gasteiger partial charge in [0.05, 0.1) is 12.6 Å². The summed E-state index contributed by atoms with van der Waals surface area (Å²) >= 11 is 0. The standard InChI is InChI=1S/C44H88N28O8/c1-58-44(80)72-22-20-71(21-23-72)31(73)24-65-33(75)26(9-3-15-60-39(48)49)67-35(77)28(11-5-17-62-41(52)53)69-37(79)30(13-7-19-64-43(56)57)70-36(78)29(12-6-18-63-42(54)55)68-34(76)27(10-4-16-61-40(50)51)66-32(74)25(45)8-2-14-59-38(46)47/h25-30H,2-24,45H2,1H3,(H,58,80)(H,65,75)(H,66,74)(H,67,77)(H,68,76)(H,69,79)(H,70,78)(H4,46,47,59)(H4,48,49,60)(H4,50,51,61)(H4,52,53,62)(H4,54,55,63)(H4,56,57,64). The number of amides is 9. The Morgan fingerprint density at radius 3 is 0.900 bits per heavy atom. The lowest BCUT2D eigenvalue weighted by molar-refractivity contribution is -0.136. The molecule has 33 N–H and O–H groups in total. The highest BCUT2D eigenvalue weighted by Crippen LogP contribution is 2.09. The van der Waals surface area contributed by atoms with Gasteiger partial charge >= 0.3 is 6.03 Å². The molecule has 0 saturated carbocycles. The fourth-order valence-corrected chi connectivity index (χ4v) is 7.75. The van der Waals surface area contributed by atoms with Gasteiger partial charge in [0, 0.05) is 72.5 Å². The van der Waals surface area contributed by atoms with Crippen molar-refractivity contribution in [2.45, 2.75) is 113 Å². The Morgan fingerprint density at radius 2 is 0.625 bits per heavy atom. The number of hydrogen-bond donors (Lipinski definition) is 26. The summed E-state index contributed by atoms with van der Waals surface area (Å²) in [6.07, 6.45) is 0.859. The number of hydrogen-bond acceptors (Lipinski definition) is 15. The molecule has 0 radical (unpaired) electrons. The van der Waals surface area contributed by atoms with Crippen LogP contribution in [-0.2, 0) is 33.6 Å². The van der Waals surface area contributed by atoms with Crippen LogP contribution >= 0.6 is 0 Å². The van der Waals surface area contributed by atoms with E-state index < -0.39 is 84.1 Å². The molecule has 1 saturated heterocycles. The molecule has 0 bridgehead atoms. The summed E-state index contributed by atoms with van der Waals surface area (Å²) in [4.78, 5) is 113. The highest BCUT2D eigenvalue weighted by Gasteiger charge is 2.33. The maximum absolute atomic E-state index is 14.5. The molecule has 36 nitrogen and oxygen atoms in total. The molecule has 36 heteroatoms. The molecule has 0 aromatic heterocycles. The van der Waals surface area contributed by atoms with Crippen molar-refractivity contribution in [3.8, 4) is 0 Å². The van der Waals surface area contributed by atoms with Gasteiger partial charge in [0.25, 0.3) is 0 Å². The molecule has 0 spiro atoms. The summed E-state index contributed by atoms with van der Waals surface area (Å²) in [5, 5.41) is 79.1. The number of piperazine rings is 1. The molecule has 1 fully saturated rings. The summed E-state index contributed by atoms with van der Waals surface area (Å²) in [7, 11) is 1.49. The molecule has 6 atom stereocenters. The predicted octanol–water partition coefficient (Wildman–Crippen LogP) is -9.08. The number of rotatable bonds is 37. The number of nitrogens with zero attached hydrogens (tertiary/aromatic N) is 2. The second kappa shape index (κ2) is 38.7. The van der Waals surface area contributed by atoms with Gasteiger partial charge in [-0.1, -0.05) is 0 Å². The lowest BCUT2D eigenvalue weighted by atomic mass is 10.0. The molecule has 1 heterocycles. The quantitative estimate of drug-likeness (QED) is 0.0156. The van der Waals surface area contributed by atoms with Crippen molar-refractivity contribution in [3.05, 3.63) is 0 Å². The topological polar surface area (TPSA) is 625 Å². The number of nitrogens with two attached hydrogens (primary N) is 7. The van der Waals surface area contributed by atoms with Gasteiger partial charge in [-0.15, -0.1) is 0 Å². The van der Waals surface area contributed by atoms with E-state index >= 15 is 0 Å². The minimum Gasteiger partial charge on any atom is -0.370 e. The van der Waals surface area contributed by atoms with Gasteiger partial charge in [-0.25, -0.2) is 4.79 Å². The first-order valence-corrected chi connectivity index (χ1v) is 26.1.